The number of rotatable bonds is 6. The highest BCUT2D eigenvalue weighted by Gasteiger charge is 2.20. The van der Waals surface area contributed by atoms with Gasteiger partial charge in [0.1, 0.15) is 5.75 Å². The topological polar surface area (TPSA) is 76.1 Å². The molecule has 0 saturated carbocycles. The van der Waals surface area contributed by atoms with E-state index in [1.165, 1.54) is 35.6 Å². The number of aromatic nitrogens is 1. The number of benzene rings is 2. The maximum Gasteiger partial charge on any atom is 0.241 e. The van der Waals surface area contributed by atoms with Crippen molar-refractivity contribution in [1.29, 1.82) is 0 Å². The SMILES string of the molecule is CSc1ccc(-c2csc(NC(=O)CS(=O)(=O)c3ccc(Cl)cc3)n2)cc1. The molecule has 0 bridgehead atoms. The number of hydrogen-bond donors (Lipinski definition) is 1. The van der Waals surface area contributed by atoms with E-state index < -0.39 is 21.5 Å². The van der Waals surface area contributed by atoms with Gasteiger partial charge in [0.15, 0.2) is 15.0 Å². The summed E-state index contributed by atoms with van der Waals surface area (Å²) in [4.78, 5) is 17.7. The number of anilines is 1. The van der Waals surface area contributed by atoms with Gasteiger partial charge in [0.05, 0.1) is 10.6 Å². The van der Waals surface area contributed by atoms with Crippen LogP contribution in [0.4, 0.5) is 5.13 Å². The maximum atomic E-state index is 12.3. The third-order valence-corrected chi connectivity index (χ3v) is 7.02. The third kappa shape index (κ3) is 5.10. The Bertz CT molecular complexity index is 1050. The van der Waals surface area contributed by atoms with Crippen molar-refractivity contribution < 1.29 is 13.2 Å². The van der Waals surface area contributed by atoms with Crippen LogP contribution in [0.25, 0.3) is 11.3 Å². The van der Waals surface area contributed by atoms with Crippen LogP contribution in [0, 0.1) is 0 Å². The number of carbonyl (C=O) groups is 1. The van der Waals surface area contributed by atoms with Gasteiger partial charge in [-0.2, -0.15) is 0 Å². The van der Waals surface area contributed by atoms with E-state index in [4.69, 9.17) is 11.6 Å². The molecule has 140 valence electrons. The highest BCUT2D eigenvalue weighted by atomic mass is 35.5. The maximum absolute atomic E-state index is 12.3. The van der Waals surface area contributed by atoms with Crippen LogP contribution >= 0.6 is 34.7 Å². The van der Waals surface area contributed by atoms with Gasteiger partial charge in [-0.25, -0.2) is 13.4 Å². The van der Waals surface area contributed by atoms with Gasteiger partial charge in [-0.05, 0) is 42.7 Å². The number of thioether (sulfide) groups is 1. The lowest BCUT2D eigenvalue weighted by molar-refractivity contribution is -0.113. The van der Waals surface area contributed by atoms with Gasteiger partial charge in [-0.1, -0.05) is 23.7 Å². The van der Waals surface area contributed by atoms with E-state index in [2.05, 4.69) is 10.3 Å². The Hall–Kier alpha value is -1.87. The number of nitrogens with one attached hydrogen (secondary N) is 1. The summed E-state index contributed by atoms with van der Waals surface area (Å²) in [7, 11) is -3.75. The Labute approximate surface area is 170 Å². The third-order valence-electron chi connectivity index (χ3n) is 3.63. The van der Waals surface area contributed by atoms with Crippen LogP contribution in [-0.4, -0.2) is 31.3 Å². The van der Waals surface area contributed by atoms with Gasteiger partial charge in [0, 0.05) is 20.9 Å². The molecule has 0 unspecified atom stereocenters. The normalized spacial score (nSPS) is 11.3. The van der Waals surface area contributed by atoms with Crippen LogP contribution in [-0.2, 0) is 14.6 Å². The van der Waals surface area contributed by atoms with Crippen LogP contribution in [0.15, 0.2) is 63.7 Å². The van der Waals surface area contributed by atoms with E-state index in [-0.39, 0.29) is 4.90 Å². The molecule has 1 N–H and O–H groups in total. The number of thiazole rings is 1. The molecule has 1 aromatic heterocycles. The van der Waals surface area contributed by atoms with Gasteiger partial charge in [-0.15, -0.1) is 23.1 Å². The van der Waals surface area contributed by atoms with Crippen molar-refractivity contribution in [2.24, 2.45) is 0 Å². The van der Waals surface area contributed by atoms with E-state index >= 15 is 0 Å². The molecule has 3 aromatic rings. The fourth-order valence-electron chi connectivity index (χ4n) is 2.28. The first kappa shape index (κ1) is 19.9. The smallest absolute Gasteiger partial charge is 0.241 e. The van der Waals surface area contributed by atoms with Crippen molar-refractivity contribution in [2.45, 2.75) is 9.79 Å². The zero-order valence-electron chi connectivity index (χ0n) is 14.2. The number of carbonyl (C=O) groups excluding carboxylic acids is 1. The van der Waals surface area contributed by atoms with Gasteiger partial charge in [0.2, 0.25) is 5.91 Å². The minimum absolute atomic E-state index is 0.0516. The minimum Gasteiger partial charge on any atom is -0.301 e. The van der Waals surface area contributed by atoms with Crippen molar-refractivity contribution in [1.82, 2.24) is 4.98 Å². The largest absolute Gasteiger partial charge is 0.301 e. The zero-order chi connectivity index (χ0) is 19.4. The lowest BCUT2D eigenvalue weighted by atomic mass is 10.2. The standard InChI is InChI=1S/C18H15ClN2O3S3/c1-25-14-6-2-12(3-7-14)16-10-26-18(20-16)21-17(22)11-27(23,24)15-8-4-13(19)5-9-15/h2-10H,11H2,1H3,(H,20,21,22). The quantitative estimate of drug-likeness (QED) is 0.569. The molecule has 0 aliphatic carbocycles. The Balaban J connectivity index is 1.67. The molecule has 0 radical (unpaired) electrons. The molecule has 0 fully saturated rings. The molecule has 0 saturated heterocycles. The lowest BCUT2D eigenvalue weighted by Crippen LogP contribution is -2.22. The average molecular weight is 439 g/mol. The van der Waals surface area contributed by atoms with Gasteiger partial charge < -0.3 is 5.32 Å². The van der Waals surface area contributed by atoms with E-state index in [0.29, 0.717) is 10.2 Å². The molecule has 0 spiro atoms. The van der Waals surface area contributed by atoms with Crippen molar-refractivity contribution in [2.75, 3.05) is 17.3 Å². The summed E-state index contributed by atoms with van der Waals surface area (Å²) < 4.78 is 24.6. The molecule has 0 aliphatic rings. The van der Waals surface area contributed by atoms with Gasteiger partial charge >= 0.3 is 0 Å². The van der Waals surface area contributed by atoms with E-state index in [1.807, 2.05) is 35.9 Å². The van der Waals surface area contributed by atoms with Crippen molar-refractivity contribution in [3.63, 3.8) is 0 Å². The Morgan fingerprint density at radius 1 is 1.15 bits per heavy atom. The first-order chi connectivity index (χ1) is 12.9. The monoisotopic (exact) mass is 438 g/mol. The molecule has 5 nitrogen and oxygen atoms in total. The average Bonchev–Trinajstić information content (AvgIpc) is 3.10. The summed E-state index contributed by atoms with van der Waals surface area (Å²) in [5.41, 5.74) is 1.65. The molecule has 3 rings (SSSR count). The van der Waals surface area contributed by atoms with Crippen LogP contribution in [0.5, 0.6) is 0 Å². The van der Waals surface area contributed by atoms with Gasteiger partial charge in [0.25, 0.3) is 0 Å². The van der Waals surface area contributed by atoms with Gasteiger partial charge in [-0.3, -0.25) is 4.79 Å². The predicted molar refractivity (Wildman–Crippen MR) is 111 cm³/mol. The summed E-state index contributed by atoms with van der Waals surface area (Å²) in [6.07, 6.45) is 2.00. The molecular weight excluding hydrogens is 424 g/mol. The predicted octanol–water partition coefficient (Wildman–Crippen LogP) is 4.60. The zero-order valence-corrected chi connectivity index (χ0v) is 17.4. The Morgan fingerprint density at radius 2 is 1.81 bits per heavy atom. The molecule has 1 heterocycles. The lowest BCUT2D eigenvalue weighted by Gasteiger charge is -2.04. The van der Waals surface area contributed by atoms with Crippen LogP contribution in [0.2, 0.25) is 5.02 Å². The van der Waals surface area contributed by atoms with Crippen LogP contribution < -0.4 is 5.32 Å². The Kier molecular flexibility index (Phi) is 6.21. The summed E-state index contributed by atoms with van der Waals surface area (Å²) in [5, 5.41) is 5.15. The first-order valence-corrected chi connectivity index (χ1v) is 11.9. The van der Waals surface area contributed by atoms with Crippen molar-refractivity contribution in [3.05, 3.63) is 58.9 Å². The van der Waals surface area contributed by atoms with Crippen LogP contribution in [0.1, 0.15) is 0 Å². The summed E-state index contributed by atoms with van der Waals surface area (Å²) in [6.45, 7) is 0. The van der Waals surface area contributed by atoms with E-state index in [9.17, 15) is 13.2 Å². The minimum atomic E-state index is -3.75. The molecule has 27 heavy (non-hydrogen) atoms. The second kappa shape index (κ2) is 8.43. The molecular formula is C18H15ClN2O3S3. The van der Waals surface area contributed by atoms with E-state index in [1.54, 1.807) is 11.8 Å². The first-order valence-electron chi connectivity index (χ1n) is 7.75. The van der Waals surface area contributed by atoms with Crippen molar-refractivity contribution >= 4 is 55.6 Å². The second-order valence-electron chi connectivity index (χ2n) is 5.53. The highest BCUT2D eigenvalue weighted by molar-refractivity contribution is 7.98. The second-order valence-corrected chi connectivity index (χ2v) is 9.69. The number of nitrogens with zero attached hydrogens (tertiary/aromatic N) is 1. The molecule has 9 heteroatoms. The fraction of sp³-hybridized carbons (Fsp3) is 0.111. The molecule has 2 aromatic carbocycles. The number of halogens is 1. The summed E-state index contributed by atoms with van der Waals surface area (Å²) >= 11 is 8.66. The molecule has 1 amide bonds. The number of amides is 1. The van der Waals surface area contributed by atoms with E-state index in [0.717, 1.165) is 16.2 Å². The molecule has 0 atom stereocenters. The number of sulfone groups is 1. The highest BCUT2D eigenvalue weighted by Crippen LogP contribution is 2.27. The summed E-state index contributed by atoms with van der Waals surface area (Å²) in [6, 6.07) is 13.6. The summed E-state index contributed by atoms with van der Waals surface area (Å²) in [5.74, 6) is -1.30. The van der Waals surface area contributed by atoms with Crippen molar-refractivity contribution in [3.8, 4) is 11.3 Å². The fourth-order valence-corrected chi connectivity index (χ4v) is 4.68. The number of hydrogen-bond acceptors (Lipinski definition) is 6. The van der Waals surface area contributed by atoms with Crippen LogP contribution in [0.3, 0.4) is 0 Å². The molecule has 0 aliphatic heterocycles. The Morgan fingerprint density at radius 3 is 2.44 bits per heavy atom.